The number of aromatic nitrogens is 3. The van der Waals surface area contributed by atoms with Crippen molar-refractivity contribution >= 4 is 38.3 Å². The summed E-state index contributed by atoms with van der Waals surface area (Å²) in [5, 5.41) is 3.43. The monoisotopic (exact) mass is 533 g/mol. The summed E-state index contributed by atoms with van der Waals surface area (Å²) in [7, 11) is -4.83. The zero-order valence-corrected chi connectivity index (χ0v) is 20.0. The Labute approximate surface area is 208 Å². The highest BCUT2D eigenvalue weighted by atomic mass is 32.2. The van der Waals surface area contributed by atoms with E-state index in [2.05, 4.69) is 20.3 Å². The largest absolute Gasteiger partial charge is 0.367 e. The van der Waals surface area contributed by atoms with Gasteiger partial charge in [0, 0.05) is 12.2 Å². The van der Waals surface area contributed by atoms with E-state index in [1.54, 1.807) is 4.72 Å². The molecule has 3 N–H and O–H groups in total. The molecule has 4 aromatic rings. The van der Waals surface area contributed by atoms with E-state index >= 15 is 4.39 Å². The number of hydrogen-bond donors (Lipinski definition) is 3. The van der Waals surface area contributed by atoms with Crippen molar-refractivity contribution in [2.45, 2.75) is 30.7 Å². The summed E-state index contributed by atoms with van der Waals surface area (Å²) in [6, 6.07) is 3.17. The van der Waals surface area contributed by atoms with Crippen molar-refractivity contribution in [3.8, 4) is 0 Å². The maximum atomic E-state index is 15.4. The number of fused-ring (bicyclic) bond motifs is 1. The Hall–Kier alpha value is -4.00. The standard InChI is InChI=1S/C24H19F4N5O3S/c1-11(12-2-3-12)32-24-19-14(9-29-23(19)30-10-31-24)22(34)20-16(27)6-7-17(21(20)28)33-37(35,36)18-8-13(25)4-5-15(18)26/h4-12,33H,2-3H2,1H3,(H2,29,30,31,32)/t11-/m0/s1. The Morgan fingerprint density at radius 3 is 2.54 bits per heavy atom. The lowest BCUT2D eigenvalue weighted by Crippen LogP contribution is -2.19. The Morgan fingerprint density at radius 2 is 1.81 bits per heavy atom. The maximum absolute atomic E-state index is 15.4. The van der Waals surface area contributed by atoms with Gasteiger partial charge in [-0.25, -0.2) is 35.9 Å². The number of anilines is 2. The molecule has 8 nitrogen and oxygen atoms in total. The number of hydrogen-bond acceptors (Lipinski definition) is 6. The molecule has 0 aliphatic heterocycles. The number of carbonyl (C=O) groups excluding carboxylic acids is 1. The first-order valence-electron chi connectivity index (χ1n) is 11.2. The molecule has 2 aromatic carbocycles. The molecule has 5 rings (SSSR count). The van der Waals surface area contributed by atoms with E-state index in [0.717, 1.165) is 18.9 Å². The van der Waals surface area contributed by atoms with Gasteiger partial charge in [-0.1, -0.05) is 0 Å². The number of carbonyl (C=O) groups is 1. The topological polar surface area (TPSA) is 117 Å². The molecular weight excluding hydrogens is 514 g/mol. The maximum Gasteiger partial charge on any atom is 0.265 e. The molecule has 0 unspecified atom stereocenters. The predicted molar refractivity (Wildman–Crippen MR) is 127 cm³/mol. The van der Waals surface area contributed by atoms with Gasteiger partial charge in [-0.2, -0.15) is 0 Å². The molecule has 0 bridgehead atoms. The van der Waals surface area contributed by atoms with Crippen LogP contribution in [0.3, 0.4) is 0 Å². The number of rotatable bonds is 8. The lowest BCUT2D eigenvalue weighted by molar-refractivity contribution is 0.103. The summed E-state index contributed by atoms with van der Waals surface area (Å²) >= 11 is 0. The van der Waals surface area contributed by atoms with Crippen molar-refractivity contribution in [3.05, 3.63) is 77.3 Å². The van der Waals surface area contributed by atoms with E-state index in [1.807, 2.05) is 6.92 Å². The highest BCUT2D eigenvalue weighted by Gasteiger charge is 2.31. The van der Waals surface area contributed by atoms with Crippen molar-refractivity contribution in [2.75, 3.05) is 10.0 Å². The molecule has 2 heterocycles. The normalized spacial score (nSPS) is 14.5. The molecule has 1 aliphatic rings. The second-order valence-corrected chi connectivity index (χ2v) is 10.4. The van der Waals surface area contributed by atoms with Crippen LogP contribution in [-0.2, 0) is 10.0 Å². The first-order chi connectivity index (χ1) is 17.6. The Balaban J connectivity index is 1.54. The number of ketones is 1. The summed E-state index contributed by atoms with van der Waals surface area (Å²) in [6.07, 6.45) is 4.59. The minimum atomic E-state index is -4.83. The molecule has 1 fully saturated rings. The summed E-state index contributed by atoms with van der Waals surface area (Å²) in [5.74, 6) is -5.48. The Bertz CT molecular complexity index is 1650. The van der Waals surface area contributed by atoms with Crippen LogP contribution in [0.15, 0.2) is 47.8 Å². The summed E-state index contributed by atoms with van der Waals surface area (Å²) in [5.41, 5.74) is -1.77. The van der Waals surface area contributed by atoms with Crippen LogP contribution < -0.4 is 10.0 Å². The van der Waals surface area contributed by atoms with E-state index in [1.165, 1.54) is 12.5 Å². The minimum Gasteiger partial charge on any atom is -0.367 e. The van der Waals surface area contributed by atoms with Gasteiger partial charge in [-0.3, -0.25) is 9.52 Å². The molecule has 13 heteroatoms. The average molecular weight is 534 g/mol. The van der Waals surface area contributed by atoms with Crippen LogP contribution in [0, 0.1) is 29.2 Å². The van der Waals surface area contributed by atoms with Crippen molar-refractivity contribution in [2.24, 2.45) is 5.92 Å². The summed E-state index contributed by atoms with van der Waals surface area (Å²) in [6.45, 7) is 1.95. The van der Waals surface area contributed by atoms with Crippen molar-refractivity contribution in [1.82, 2.24) is 15.0 Å². The molecule has 0 spiro atoms. The summed E-state index contributed by atoms with van der Waals surface area (Å²) < 4.78 is 84.7. The average Bonchev–Trinajstić information content (AvgIpc) is 3.61. The van der Waals surface area contributed by atoms with Gasteiger partial charge in [0.25, 0.3) is 10.0 Å². The van der Waals surface area contributed by atoms with Gasteiger partial charge in [0.1, 0.15) is 40.1 Å². The van der Waals surface area contributed by atoms with Gasteiger partial charge in [-0.15, -0.1) is 0 Å². The SMILES string of the molecule is C[C@H](Nc1ncnc2[nH]cc(C(=O)c3c(F)ccc(NS(=O)(=O)c4cc(F)ccc4F)c3F)c12)C1CC1. The molecule has 37 heavy (non-hydrogen) atoms. The zero-order valence-electron chi connectivity index (χ0n) is 19.1. The predicted octanol–water partition coefficient (Wildman–Crippen LogP) is 4.76. The fourth-order valence-corrected chi connectivity index (χ4v) is 5.19. The number of nitrogens with one attached hydrogen (secondary N) is 3. The lowest BCUT2D eigenvalue weighted by atomic mass is 10.0. The Kier molecular flexibility index (Phi) is 6.10. The van der Waals surface area contributed by atoms with Crippen LogP contribution in [-0.4, -0.2) is 35.2 Å². The molecule has 1 atom stereocenters. The zero-order chi connectivity index (χ0) is 26.5. The Morgan fingerprint density at radius 1 is 1.08 bits per heavy atom. The number of H-pyrrole nitrogens is 1. The van der Waals surface area contributed by atoms with Crippen LogP contribution >= 0.6 is 0 Å². The van der Waals surface area contributed by atoms with Gasteiger partial charge in [-0.05, 0) is 56.0 Å². The van der Waals surface area contributed by atoms with Crippen LogP contribution in [0.4, 0.5) is 29.1 Å². The van der Waals surface area contributed by atoms with E-state index in [4.69, 9.17) is 0 Å². The highest BCUT2D eigenvalue weighted by Crippen LogP contribution is 2.36. The number of sulfonamides is 1. The second kappa shape index (κ2) is 9.14. The molecule has 2 aromatic heterocycles. The highest BCUT2D eigenvalue weighted by molar-refractivity contribution is 7.92. The van der Waals surface area contributed by atoms with Crippen LogP contribution in [0.1, 0.15) is 35.7 Å². The van der Waals surface area contributed by atoms with Crippen molar-refractivity contribution < 1.29 is 30.8 Å². The van der Waals surface area contributed by atoms with Gasteiger partial charge in [0.2, 0.25) is 5.78 Å². The van der Waals surface area contributed by atoms with Crippen molar-refractivity contribution in [3.63, 3.8) is 0 Å². The molecule has 192 valence electrons. The molecule has 1 saturated carbocycles. The molecule has 0 amide bonds. The number of nitrogens with zero attached hydrogens (tertiary/aromatic N) is 2. The molecule has 1 aliphatic carbocycles. The molecule has 0 saturated heterocycles. The minimum absolute atomic E-state index is 0.0328. The van der Waals surface area contributed by atoms with Crippen LogP contribution in [0.25, 0.3) is 11.0 Å². The second-order valence-electron chi connectivity index (χ2n) is 8.71. The van der Waals surface area contributed by atoms with E-state index < -0.39 is 55.2 Å². The third-order valence-electron chi connectivity index (χ3n) is 6.15. The van der Waals surface area contributed by atoms with Crippen LogP contribution in [0.5, 0.6) is 0 Å². The van der Waals surface area contributed by atoms with Crippen LogP contribution in [0.2, 0.25) is 0 Å². The number of halogens is 4. The third kappa shape index (κ3) is 4.61. The van der Waals surface area contributed by atoms with Gasteiger partial charge in [0.15, 0.2) is 5.82 Å². The number of benzene rings is 2. The fourth-order valence-electron chi connectivity index (χ4n) is 4.04. The first kappa shape index (κ1) is 24.7. The quantitative estimate of drug-likeness (QED) is 0.222. The number of aromatic amines is 1. The first-order valence-corrected chi connectivity index (χ1v) is 12.6. The van der Waals surface area contributed by atoms with Gasteiger partial charge in [0.05, 0.1) is 22.2 Å². The third-order valence-corrected chi connectivity index (χ3v) is 7.53. The van der Waals surface area contributed by atoms with E-state index in [9.17, 15) is 26.4 Å². The summed E-state index contributed by atoms with van der Waals surface area (Å²) in [4.78, 5) is 23.3. The van der Waals surface area contributed by atoms with Gasteiger partial charge >= 0.3 is 0 Å². The van der Waals surface area contributed by atoms with Gasteiger partial charge < -0.3 is 10.3 Å². The smallest absolute Gasteiger partial charge is 0.265 e. The molecular formula is C24H19F4N5O3S. The lowest BCUT2D eigenvalue weighted by Gasteiger charge is -2.15. The van der Waals surface area contributed by atoms with Crippen molar-refractivity contribution in [1.29, 1.82) is 0 Å². The molecule has 0 radical (unpaired) electrons. The fraction of sp³-hybridized carbons (Fsp3) is 0.208. The van der Waals surface area contributed by atoms with E-state index in [-0.39, 0.29) is 22.6 Å². The van der Waals surface area contributed by atoms with E-state index in [0.29, 0.717) is 36.0 Å².